The van der Waals surface area contributed by atoms with Crippen LogP contribution in [0.3, 0.4) is 0 Å². The maximum atomic E-state index is 12.4. The molecule has 4 nitrogen and oxygen atoms in total. The third-order valence-electron chi connectivity index (χ3n) is 1.67. The molecule has 0 bridgehead atoms. The zero-order chi connectivity index (χ0) is 14.1. The Hall–Kier alpha value is -2.00. The molecular formula is C8H3F6NO3. The fourth-order valence-corrected chi connectivity index (χ4v) is 1.07. The molecule has 1 rings (SSSR count). The van der Waals surface area contributed by atoms with Crippen molar-refractivity contribution in [2.45, 2.75) is 12.5 Å². The summed E-state index contributed by atoms with van der Waals surface area (Å²) in [5.41, 5.74) is -4.75. The number of pyridine rings is 1. The van der Waals surface area contributed by atoms with Crippen LogP contribution in [-0.4, -0.2) is 17.6 Å². The van der Waals surface area contributed by atoms with Gasteiger partial charge in [0.25, 0.3) is 0 Å². The predicted octanol–water partition coefficient (Wildman–Crippen LogP) is 2.10. The number of halogens is 6. The highest BCUT2D eigenvalue weighted by molar-refractivity contribution is 5.76. The van der Waals surface area contributed by atoms with Crippen molar-refractivity contribution in [2.24, 2.45) is 0 Å². The highest BCUT2D eigenvalue weighted by Crippen LogP contribution is 2.30. The van der Waals surface area contributed by atoms with Gasteiger partial charge in [-0.1, -0.05) is 0 Å². The molecule has 1 N–H and O–H groups in total. The summed E-state index contributed by atoms with van der Waals surface area (Å²) in [5, 5.41) is 0. The van der Waals surface area contributed by atoms with Crippen LogP contribution < -0.4 is 10.2 Å². The van der Waals surface area contributed by atoms with Crippen molar-refractivity contribution >= 4 is 6.29 Å². The molecular weight excluding hydrogens is 272 g/mol. The summed E-state index contributed by atoms with van der Waals surface area (Å²) >= 11 is 0. The third kappa shape index (κ3) is 3.25. The number of nitrogens with one attached hydrogen (secondary N) is 1. The third-order valence-corrected chi connectivity index (χ3v) is 1.67. The zero-order valence-corrected chi connectivity index (χ0v) is 8.15. The van der Waals surface area contributed by atoms with Gasteiger partial charge < -0.3 is 9.72 Å². The number of aldehydes is 1. The quantitative estimate of drug-likeness (QED) is 0.664. The molecule has 0 aliphatic rings. The maximum absolute atomic E-state index is 12.4. The second-order valence-electron chi connectivity index (χ2n) is 2.95. The van der Waals surface area contributed by atoms with Crippen LogP contribution in [0.1, 0.15) is 16.1 Å². The number of aromatic amines is 1. The van der Waals surface area contributed by atoms with E-state index in [0.717, 1.165) is 0 Å². The summed E-state index contributed by atoms with van der Waals surface area (Å²) in [5.74, 6) is -1.45. The van der Waals surface area contributed by atoms with Crippen LogP contribution in [0.25, 0.3) is 0 Å². The highest BCUT2D eigenvalue weighted by Gasteiger charge is 2.38. The van der Waals surface area contributed by atoms with Crippen LogP contribution in [0.15, 0.2) is 10.9 Å². The van der Waals surface area contributed by atoms with Gasteiger partial charge in [-0.2, -0.15) is 13.2 Å². The summed E-state index contributed by atoms with van der Waals surface area (Å²) in [4.78, 5) is 22.5. The van der Waals surface area contributed by atoms with Crippen LogP contribution in [0, 0.1) is 0 Å². The van der Waals surface area contributed by atoms with E-state index in [0.29, 0.717) is 0 Å². The Morgan fingerprint density at radius 1 is 1.17 bits per heavy atom. The molecule has 0 spiro atoms. The van der Waals surface area contributed by atoms with E-state index in [4.69, 9.17) is 0 Å². The van der Waals surface area contributed by atoms with E-state index < -0.39 is 41.4 Å². The Kier molecular flexibility index (Phi) is 3.40. The van der Waals surface area contributed by atoms with Crippen molar-refractivity contribution < 1.29 is 35.9 Å². The van der Waals surface area contributed by atoms with Crippen molar-refractivity contribution in [2.75, 3.05) is 0 Å². The molecule has 0 amide bonds. The Morgan fingerprint density at radius 3 is 2.11 bits per heavy atom. The molecule has 0 aliphatic heterocycles. The Morgan fingerprint density at radius 2 is 1.72 bits per heavy atom. The van der Waals surface area contributed by atoms with Gasteiger partial charge in [-0.3, -0.25) is 9.59 Å². The number of carbonyl (C=O) groups excluding carboxylic acids is 1. The van der Waals surface area contributed by atoms with Crippen LogP contribution >= 0.6 is 0 Å². The van der Waals surface area contributed by atoms with Gasteiger partial charge in [-0.15, -0.1) is 13.2 Å². The number of alkyl halides is 6. The van der Waals surface area contributed by atoms with Gasteiger partial charge in [-0.25, -0.2) is 0 Å². The largest absolute Gasteiger partial charge is 0.574 e. The first-order valence-corrected chi connectivity index (χ1v) is 4.10. The number of H-pyrrole nitrogens is 1. The Balaban J connectivity index is 3.41. The Bertz CT molecular complexity index is 515. The molecule has 1 heterocycles. The van der Waals surface area contributed by atoms with Gasteiger partial charge in [0.15, 0.2) is 11.7 Å². The molecule has 18 heavy (non-hydrogen) atoms. The number of ether oxygens (including phenoxy) is 1. The van der Waals surface area contributed by atoms with Crippen molar-refractivity contribution in [3.05, 3.63) is 27.5 Å². The second-order valence-corrected chi connectivity index (χ2v) is 2.95. The van der Waals surface area contributed by atoms with E-state index in [2.05, 4.69) is 4.74 Å². The van der Waals surface area contributed by atoms with E-state index in [9.17, 15) is 35.9 Å². The molecule has 0 atom stereocenters. The Labute approximate surface area is 94.2 Å². The highest BCUT2D eigenvalue weighted by atomic mass is 19.4. The fourth-order valence-electron chi connectivity index (χ4n) is 1.07. The van der Waals surface area contributed by atoms with E-state index in [1.165, 1.54) is 4.98 Å². The zero-order valence-electron chi connectivity index (χ0n) is 8.15. The summed E-state index contributed by atoms with van der Waals surface area (Å²) in [7, 11) is 0. The molecule has 1 aromatic heterocycles. The number of hydrogen-bond donors (Lipinski definition) is 1. The van der Waals surface area contributed by atoms with Gasteiger partial charge in [0.1, 0.15) is 5.69 Å². The minimum Gasteiger partial charge on any atom is -0.390 e. The molecule has 0 fully saturated rings. The van der Waals surface area contributed by atoms with Crippen LogP contribution in [0.4, 0.5) is 26.3 Å². The number of rotatable bonds is 2. The molecule has 1 aromatic rings. The molecule has 0 saturated heterocycles. The lowest BCUT2D eigenvalue weighted by atomic mass is 10.2. The van der Waals surface area contributed by atoms with Crippen molar-refractivity contribution in [1.82, 2.24) is 4.98 Å². The molecule has 0 aromatic carbocycles. The first-order valence-electron chi connectivity index (χ1n) is 4.10. The maximum Gasteiger partial charge on any atom is 0.574 e. The monoisotopic (exact) mass is 275 g/mol. The molecule has 0 unspecified atom stereocenters. The smallest absolute Gasteiger partial charge is 0.390 e. The minimum absolute atomic E-state index is 0.104. The fraction of sp³-hybridized carbons (Fsp3) is 0.250. The van der Waals surface area contributed by atoms with E-state index in [-0.39, 0.29) is 6.07 Å². The summed E-state index contributed by atoms with van der Waals surface area (Å²) in [6.45, 7) is 0. The molecule has 0 saturated carbocycles. The number of carbonyl (C=O) groups is 1. The van der Waals surface area contributed by atoms with E-state index in [1.54, 1.807) is 0 Å². The van der Waals surface area contributed by atoms with Gasteiger partial charge in [0.2, 0.25) is 5.88 Å². The van der Waals surface area contributed by atoms with Gasteiger partial charge in [0, 0.05) is 6.07 Å². The van der Waals surface area contributed by atoms with Crippen LogP contribution in [0.2, 0.25) is 0 Å². The molecule has 100 valence electrons. The first kappa shape index (κ1) is 14.1. The number of aromatic nitrogens is 1. The molecule has 0 aliphatic carbocycles. The van der Waals surface area contributed by atoms with Crippen LogP contribution in [-0.2, 0) is 6.18 Å². The number of hydrogen-bond acceptors (Lipinski definition) is 3. The molecule has 0 radical (unpaired) electrons. The van der Waals surface area contributed by atoms with E-state index in [1.807, 2.05) is 0 Å². The first-order chi connectivity index (χ1) is 8.04. The van der Waals surface area contributed by atoms with Crippen LogP contribution in [0.5, 0.6) is 5.88 Å². The van der Waals surface area contributed by atoms with Gasteiger partial charge >= 0.3 is 12.5 Å². The minimum atomic E-state index is -5.27. The van der Waals surface area contributed by atoms with Gasteiger partial charge in [0.05, 0.1) is 5.56 Å². The average molecular weight is 275 g/mol. The van der Waals surface area contributed by atoms with E-state index >= 15 is 0 Å². The normalized spacial score (nSPS) is 12.3. The molecule has 10 heteroatoms. The van der Waals surface area contributed by atoms with Crippen molar-refractivity contribution in [1.29, 1.82) is 0 Å². The van der Waals surface area contributed by atoms with Gasteiger partial charge in [-0.05, 0) is 0 Å². The lowest BCUT2D eigenvalue weighted by molar-refractivity contribution is -0.276. The topological polar surface area (TPSA) is 59.2 Å². The predicted molar refractivity (Wildman–Crippen MR) is 44.1 cm³/mol. The summed E-state index contributed by atoms with van der Waals surface area (Å²) in [6.07, 6.45) is -10.9. The summed E-state index contributed by atoms with van der Waals surface area (Å²) in [6, 6.07) is 0.104. The average Bonchev–Trinajstić information content (AvgIpc) is 2.12. The van der Waals surface area contributed by atoms with Crippen molar-refractivity contribution in [3.8, 4) is 5.88 Å². The summed E-state index contributed by atoms with van der Waals surface area (Å²) < 4.78 is 75.6. The SMILES string of the molecule is O=Cc1c(C(F)(F)F)[nH]c(OC(F)(F)F)cc1=O. The standard InChI is InChI=1S/C8H3F6NO3/c9-7(10,11)6-3(2-16)4(17)1-5(15-6)18-8(12,13)14/h1-2H,(H,15,17). The van der Waals surface area contributed by atoms with Crippen molar-refractivity contribution in [3.63, 3.8) is 0 Å². The lowest BCUT2D eigenvalue weighted by Gasteiger charge is -2.13. The second kappa shape index (κ2) is 4.35. The lowest BCUT2D eigenvalue weighted by Crippen LogP contribution is -2.24.